The van der Waals surface area contributed by atoms with Crippen molar-refractivity contribution in [3.63, 3.8) is 0 Å². The predicted octanol–water partition coefficient (Wildman–Crippen LogP) is 0.666. The number of rotatable bonds is 6. The van der Waals surface area contributed by atoms with Gasteiger partial charge >= 0.3 is 0 Å². The lowest BCUT2D eigenvalue weighted by atomic mass is 10.2. The molecule has 8 nitrogen and oxygen atoms in total. The van der Waals surface area contributed by atoms with E-state index in [1.54, 1.807) is 47.6 Å². The molecule has 0 unspecified atom stereocenters. The first kappa shape index (κ1) is 19.2. The number of carbonyl (C=O) groups is 1. The van der Waals surface area contributed by atoms with Gasteiger partial charge in [-0.1, -0.05) is 19.1 Å². The highest BCUT2D eigenvalue weighted by molar-refractivity contribution is 7.89. The van der Waals surface area contributed by atoms with E-state index in [9.17, 15) is 13.2 Å². The van der Waals surface area contributed by atoms with Gasteiger partial charge in [0.2, 0.25) is 21.9 Å². The molecule has 1 saturated heterocycles. The van der Waals surface area contributed by atoms with Crippen molar-refractivity contribution in [3.8, 4) is 0 Å². The fourth-order valence-electron chi connectivity index (χ4n) is 2.87. The highest BCUT2D eigenvalue weighted by Crippen LogP contribution is 2.12. The number of sulfonamides is 1. The molecule has 1 aromatic heterocycles. The minimum absolute atomic E-state index is 0.165. The van der Waals surface area contributed by atoms with Crippen molar-refractivity contribution < 1.29 is 13.2 Å². The third-order valence-corrected chi connectivity index (χ3v) is 5.94. The Labute approximate surface area is 159 Å². The molecular formula is C18H23N5O3S. The van der Waals surface area contributed by atoms with E-state index < -0.39 is 10.0 Å². The third kappa shape index (κ3) is 4.81. The molecule has 144 valence electrons. The minimum atomic E-state index is -3.70. The van der Waals surface area contributed by atoms with Crippen LogP contribution in [0.3, 0.4) is 0 Å². The van der Waals surface area contributed by atoms with Gasteiger partial charge < -0.3 is 9.80 Å². The van der Waals surface area contributed by atoms with Crippen LogP contribution in [0.2, 0.25) is 0 Å². The summed E-state index contributed by atoms with van der Waals surface area (Å²) in [6.45, 7) is 3.99. The fourth-order valence-corrected chi connectivity index (χ4v) is 3.84. The highest BCUT2D eigenvalue weighted by Gasteiger charge is 2.24. The number of piperazine rings is 1. The Morgan fingerprint density at radius 2 is 1.70 bits per heavy atom. The number of hydrogen-bond donors (Lipinski definition) is 1. The number of aryl methyl sites for hydroxylation is 1. The molecule has 3 rings (SSSR count). The summed E-state index contributed by atoms with van der Waals surface area (Å²) in [5, 5.41) is 0. The van der Waals surface area contributed by atoms with E-state index >= 15 is 0 Å². The molecule has 2 heterocycles. The standard InChI is InChI=1S/C18H23N5O3S/c1-2-15-4-6-16(7-5-15)27(25,26)21-14-17(24)22-10-12-23(13-11-22)18-19-8-3-9-20-18/h3-9,21H,2,10-14H2,1H3. The largest absolute Gasteiger partial charge is 0.338 e. The highest BCUT2D eigenvalue weighted by atomic mass is 32.2. The summed E-state index contributed by atoms with van der Waals surface area (Å²) in [5.74, 6) is 0.401. The van der Waals surface area contributed by atoms with Crippen molar-refractivity contribution in [3.05, 3.63) is 48.3 Å². The summed E-state index contributed by atoms with van der Waals surface area (Å²) in [5.41, 5.74) is 1.06. The van der Waals surface area contributed by atoms with Crippen LogP contribution in [-0.2, 0) is 21.2 Å². The summed E-state index contributed by atoms with van der Waals surface area (Å²) in [6, 6.07) is 8.43. The number of hydrogen-bond acceptors (Lipinski definition) is 6. The Balaban J connectivity index is 1.52. The van der Waals surface area contributed by atoms with Crippen molar-refractivity contribution in [2.75, 3.05) is 37.6 Å². The Bertz CT molecular complexity index is 864. The number of amides is 1. The summed E-state index contributed by atoms with van der Waals surface area (Å²) in [7, 11) is -3.70. The molecule has 0 saturated carbocycles. The maximum absolute atomic E-state index is 12.4. The Morgan fingerprint density at radius 1 is 1.07 bits per heavy atom. The fraction of sp³-hybridized carbons (Fsp3) is 0.389. The molecule has 27 heavy (non-hydrogen) atoms. The van der Waals surface area contributed by atoms with E-state index in [0.29, 0.717) is 32.1 Å². The van der Waals surface area contributed by atoms with E-state index in [1.165, 1.54) is 0 Å². The number of nitrogens with zero attached hydrogens (tertiary/aromatic N) is 4. The normalized spacial score (nSPS) is 15.0. The van der Waals surface area contributed by atoms with Crippen LogP contribution in [0.4, 0.5) is 5.95 Å². The van der Waals surface area contributed by atoms with Gasteiger partial charge in [0.05, 0.1) is 11.4 Å². The van der Waals surface area contributed by atoms with Crippen molar-refractivity contribution in [1.82, 2.24) is 19.6 Å². The van der Waals surface area contributed by atoms with Gasteiger partial charge in [0.1, 0.15) is 0 Å². The molecule has 1 amide bonds. The molecule has 1 aliphatic heterocycles. The molecule has 0 spiro atoms. The summed E-state index contributed by atoms with van der Waals surface area (Å²) >= 11 is 0. The Kier molecular flexibility index (Phi) is 6.02. The lowest BCUT2D eigenvalue weighted by Gasteiger charge is -2.34. The topological polar surface area (TPSA) is 95.5 Å². The first-order chi connectivity index (χ1) is 13.0. The van der Waals surface area contributed by atoms with Crippen LogP contribution in [0, 0.1) is 0 Å². The first-order valence-electron chi connectivity index (χ1n) is 8.88. The maximum Gasteiger partial charge on any atom is 0.241 e. The van der Waals surface area contributed by atoms with Gasteiger partial charge in [0.25, 0.3) is 0 Å². The molecule has 0 atom stereocenters. The predicted molar refractivity (Wildman–Crippen MR) is 102 cm³/mol. The van der Waals surface area contributed by atoms with Crippen LogP contribution in [0.5, 0.6) is 0 Å². The maximum atomic E-state index is 12.4. The van der Waals surface area contributed by atoms with Crippen LogP contribution in [-0.4, -0.2) is 61.9 Å². The third-order valence-electron chi connectivity index (χ3n) is 4.52. The zero-order chi connectivity index (χ0) is 19.3. The van der Waals surface area contributed by atoms with Crippen LogP contribution < -0.4 is 9.62 Å². The van der Waals surface area contributed by atoms with Crippen molar-refractivity contribution in [1.29, 1.82) is 0 Å². The zero-order valence-corrected chi connectivity index (χ0v) is 16.0. The lowest BCUT2D eigenvalue weighted by molar-refractivity contribution is -0.130. The number of aromatic nitrogens is 2. The van der Waals surface area contributed by atoms with Crippen LogP contribution in [0.15, 0.2) is 47.6 Å². The van der Waals surface area contributed by atoms with E-state index in [2.05, 4.69) is 14.7 Å². The lowest BCUT2D eigenvalue weighted by Crippen LogP contribution is -2.51. The first-order valence-corrected chi connectivity index (χ1v) is 10.4. The van der Waals surface area contributed by atoms with Gasteiger partial charge in [0, 0.05) is 38.6 Å². The van der Waals surface area contributed by atoms with Crippen molar-refractivity contribution in [2.24, 2.45) is 0 Å². The minimum Gasteiger partial charge on any atom is -0.338 e. The van der Waals surface area contributed by atoms with Crippen LogP contribution in [0.25, 0.3) is 0 Å². The molecular weight excluding hydrogens is 366 g/mol. The van der Waals surface area contributed by atoms with Gasteiger partial charge in [-0.15, -0.1) is 0 Å². The van der Waals surface area contributed by atoms with Gasteiger partial charge in [-0.25, -0.2) is 23.1 Å². The van der Waals surface area contributed by atoms with E-state index in [1.807, 2.05) is 11.8 Å². The smallest absolute Gasteiger partial charge is 0.241 e. The molecule has 0 aliphatic carbocycles. The molecule has 1 fully saturated rings. The molecule has 1 aromatic carbocycles. The van der Waals surface area contributed by atoms with Crippen LogP contribution >= 0.6 is 0 Å². The number of nitrogens with one attached hydrogen (secondary N) is 1. The van der Waals surface area contributed by atoms with Gasteiger partial charge in [-0.2, -0.15) is 0 Å². The number of carbonyl (C=O) groups excluding carboxylic acids is 1. The second kappa shape index (κ2) is 8.45. The summed E-state index contributed by atoms with van der Waals surface area (Å²) in [4.78, 5) is 24.6. The molecule has 2 aromatic rings. The molecule has 9 heteroatoms. The molecule has 1 N–H and O–H groups in total. The van der Waals surface area contributed by atoms with Gasteiger partial charge in [-0.3, -0.25) is 4.79 Å². The number of benzene rings is 1. The van der Waals surface area contributed by atoms with Crippen LogP contribution in [0.1, 0.15) is 12.5 Å². The average molecular weight is 389 g/mol. The monoisotopic (exact) mass is 389 g/mol. The van der Waals surface area contributed by atoms with Crippen molar-refractivity contribution in [2.45, 2.75) is 18.2 Å². The second-order valence-electron chi connectivity index (χ2n) is 6.24. The molecule has 1 aliphatic rings. The molecule has 0 bridgehead atoms. The zero-order valence-electron chi connectivity index (χ0n) is 15.2. The number of anilines is 1. The van der Waals surface area contributed by atoms with Crippen molar-refractivity contribution >= 4 is 21.9 Å². The van der Waals surface area contributed by atoms with Gasteiger partial charge in [-0.05, 0) is 30.2 Å². The Hall–Kier alpha value is -2.52. The quantitative estimate of drug-likeness (QED) is 0.780. The summed E-state index contributed by atoms with van der Waals surface area (Å²) < 4.78 is 27.1. The van der Waals surface area contributed by atoms with E-state index in [-0.39, 0.29) is 17.3 Å². The Morgan fingerprint density at radius 3 is 2.30 bits per heavy atom. The second-order valence-corrected chi connectivity index (χ2v) is 8.01. The molecule has 0 radical (unpaired) electrons. The SMILES string of the molecule is CCc1ccc(S(=O)(=O)NCC(=O)N2CCN(c3ncccn3)CC2)cc1. The van der Waals surface area contributed by atoms with Gasteiger partial charge in [0.15, 0.2) is 0 Å². The van der Waals surface area contributed by atoms with E-state index in [0.717, 1.165) is 12.0 Å². The van der Waals surface area contributed by atoms with E-state index in [4.69, 9.17) is 0 Å². The average Bonchev–Trinajstić information content (AvgIpc) is 2.73. The summed E-state index contributed by atoms with van der Waals surface area (Å²) in [6.07, 6.45) is 4.20.